The van der Waals surface area contributed by atoms with E-state index in [0.717, 1.165) is 0 Å². The lowest BCUT2D eigenvalue weighted by Crippen LogP contribution is -2.48. The number of rotatable bonds is 6. The van der Waals surface area contributed by atoms with Crippen LogP contribution in [0.25, 0.3) is 0 Å². The number of hydrogen-bond donors (Lipinski definition) is 0. The van der Waals surface area contributed by atoms with Crippen molar-refractivity contribution in [1.29, 1.82) is 0 Å². The van der Waals surface area contributed by atoms with Gasteiger partial charge in [-0.15, -0.1) is 47.2 Å². The van der Waals surface area contributed by atoms with Crippen molar-refractivity contribution in [1.82, 2.24) is 0 Å². The fraction of sp³-hybridized carbons (Fsp3) is 1.00. The van der Waals surface area contributed by atoms with Gasteiger partial charge in [0, 0.05) is 0 Å². The molecule has 0 spiro atoms. The van der Waals surface area contributed by atoms with Gasteiger partial charge in [0.05, 0.1) is 36.8 Å². The summed E-state index contributed by atoms with van der Waals surface area (Å²) in [5.74, 6) is 0.702. The fourth-order valence-electron chi connectivity index (χ4n) is 1.06. The Balaban J connectivity index is 0. The minimum absolute atomic E-state index is 0. The summed E-state index contributed by atoms with van der Waals surface area (Å²) < 4.78 is -0.377. The normalized spacial score (nSPS) is 13.6. The summed E-state index contributed by atoms with van der Waals surface area (Å²) in [6.07, 6.45) is 0. The zero-order chi connectivity index (χ0) is 9.61. The smallest absolute Gasteiger partial charge is 0.0948 e. The number of hydroxylamine groups is 3. The van der Waals surface area contributed by atoms with Crippen LogP contribution in [0.15, 0.2) is 0 Å². The molecule has 0 aliphatic carbocycles. The molecular weight excluding hydrogens is 256 g/mol. The lowest BCUT2D eigenvalue weighted by Gasteiger charge is -2.42. The minimum atomic E-state index is -0.377. The molecule has 1 atom stereocenters. The summed E-state index contributed by atoms with van der Waals surface area (Å²) in [5, 5.41) is 11.7. The summed E-state index contributed by atoms with van der Waals surface area (Å²) >= 11 is 16.7. The zero-order valence-corrected chi connectivity index (χ0v) is 10.6. The molecule has 6 heteroatoms. The second-order valence-corrected chi connectivity index (χ2v) is 4.35. The summed E-state index contributed by atoms with van der Waals surface area (Å²) in [6.45, 7) is 2.94. The number of quaternary nitrogens is 1. The van der Waals surface area contributed by atoms with Gasteiger partial charge in [-0.2, -0.15) is 0 Å². The van der Waals surface area contributed by atoms with Crippen LogP contribution in [0.3, 0.4) is 0 Å². The van der Waals surface area contributed by atoms with Gasteiger partial charge in [-0.3, -0.25) is 0 Å². The van der Waals surface area contributed by atoms with Crippen LogP contribution in [0.2, 0.25) is 0 Å². The van der Waals surface area contributed by atoms with E-state index in [1.807, 2.05) is 0 Å². The van der Waals surface area contributed by atoms with Crippen LogP contribution in [0.1, 0.15) is 6.92 Å². The molecule has 0 aliphatic heterocycles. The highest BCUT2D eigenvalue weighted by Crippen LogP contribution is 2.10. The van der Waals surface area contributed by atoms with Crippen molar-refractivity contribution >= 4 is 47.2 Å². The maximum absolute atomic E-state index is 11.8. The van der Waals surface area contributed by atoms with Crippen LogP contribution < -0.4 is 0 Å². The molecule has 0 aromatic carbocycles. The van der Waals surface area contributed by atoms with E-state index < -0.39 is 0 Å². The maximum Gasteiger partial charge on any atom is 0.0948 e. The summed E-state index contributed by atoms with van der Waals surface area (Å²) in [6, 6.07) is 0. The Bertz CT molecular complexity index is 117. The van der Waals surface area contributed by atoms with Crippen molar-refractivity contribution < 1.29 is 4.65 Å². The Morgan fingerprint density at radius 1 is 1.23 bits per heavy atom. The van der Waals surface area contributed by atoms with Crippen LogP contribution in [-0.4, -0.2) is 41.4 Å². The highest BCUT2D eigenvalue weighted by Gasteiger charge is 2.17. The molecule has 0 bridgehead atoms. The number of halogens is 4. The third-order valence-electron chi connectivity index (χ3n) is 1.57. The van der Waals surface area contributed by atoms with Crippen LogP contribution in [0, 0.1) is 5.21 Å². The van der Waals surface area contributed by atoms with Crippen LogP contribution in [0.4, 0.5) is 0 Å². The van der Waals surface area contributed by atoms with Crippen LogP contribution >= 0.6 is 47.2 Å². The molecule has 13 heavy (non-hydrogen) atoms. The van der Waals surface area contributed by atoms with Gasteiger partial charge in [0.25, 0.3) is 0 Å². The third kappa shape index (κ3) is 8.10. The third-order valence-corrected chi connectivity index (χ3v) is 2.04. The number of hydrogen-bond acceptors (Lipinski definition) is 1. The average Bonchev–Trinajstić information content (AvgIpc) is 1.85. The van der Waals surface area contributed by atoms with Gasteiger partial charge in [-0.05, 0) is 6.92 Å². The van der Waals surface area contributed by atoms with Gasteiger partial charge in [-0.25, -0.2) is 0 Å². The standard InChI is InChI=1S/C7H14Cl3NO.ClH/c1-7(10)6-11(12,4-2-8)5-3-9;/h7H,2-6H2,1H3;1H. The quantitative estimate of drug-likeness (QED) is 0.414. The van der Waals surface area contributed by atoms with Crippen molar-refractivity contribution in [2.24, 2.45) is 0 Å². The molecule has 0 N–H and O–H groups in total. The Morgan fingerprint density at radius 2 is 1.62 bits per heavy atom. The molecule has 0 radical (unpaired) electrons. The Kier molecular flexibility index (Phi) is 10.7. The lowest BCUT2D eigenvalue weighted by molar-refractivity contribution is -0.875. The molecule has 82 valence electrons. The lowest BCUT2D eigenvalue weighted by atomic mass is 10.4. The first-order valence-corrected chi connectivity index (χ1v) is 5.38. The van der Waals surface area contributed by atoms with Crippen molar-refractivity contribution in [2.75, 3.05) is 31.4 Å². The molecule has 0 saturated heterocycles. The predicted octanol–water partition coefficient (Wildman–Crippen LogP) is 2.83. The Morgan fingerprint density at radius 3 is 1.85 bits per heavy atom. The molecule has 0 rings (SSSR count). The van der Waals surface area contributed by atoms with Gasteiger partial charge in [-0.1, -0.05) is 0 Å². The zero-order valence-electron chi connectivity index (χ0n) is 7.51. The molecule has 0 aliphatic rings. The maximum atomic E-state index is 11.8. The van der Waals surface area contributed by atoms with Gasteiger partial charge < -0.3 is 9.85 Å². The summed E-state index contributed by atoms with van der Waals surface area (Å²) in [4.78, 5) is 0. The first-order valence-electron chi connectivity index (χ1n) is 3.87. The predicted molar refractivity (Wildman–Crippen MR) is 62.2 cm³/mol. The van der Waals surface area contributed by atoms with E-state index in [0.29, 0.717) is 31.4 Å². The molecule has 0 heterocycles. The van der Waals surface area contributed by atoms with E-state index in [1.165, 1.54) is 0 Å². The molecule has 2 nitrogen and oxygen atoms in total. The molecule has 0 aromatic rings. The fourth-order valence-corrected chi connectivity index (χ4v) is 1.93. The average molecular weight is 271 g/mol. The van der Waals surface area contributed by atoms with Crippen molar-refractivity contribution in [2.45, 2.75) is 12.3 Å². The van der Waals surface area contributed by atoms with E-state index in [9.17, 15) is 5.21 Å². The van der Waals surface area contributed by atoms with Gasteiger partial charge >= 0.3 is 0 Å². The van der Waals surface area contributed by atoms with E-state index in [4.69, 9.17) is 34.8 Å². The molecule has 0 aromatic heterocycles. The molecule has 0 fully saturated rings. The first-order chi connectivity index (χ1) is 5.54. The van der Waals surface area contributed by atoms with Gasteiger partial charge in [0.15, 0.2) is 0 Å². The summed E-state index contributed by atoms with van der Waals surface area (Å²) in [7, 11) is 0. The molecular formula is C7H15Cl4NO. The second kappa shape index (κ2) is 8.39. The van der Waals surface area contributed by atoms with Gasteiger partial charge in [0.2, 0.25) is 0 Å². The Hall–Kier alpha value is 1.08. The monoisotopic (exact) mass is 269 g/mol. The first kappa shape index (κ1) is 16.5. The van der Waals surface area contributed by atoms with Crippen LogP contribution in [0.5, 0.6) is 0 Å². The van der Waals surface area contributed by atoms with E-state index in [2.05, 4.69) is 0 Å². The second-order valence-electron chi connectivity index (χ2n) is 2.85. The van der Waals surface area contributed by atoms with E-state index in [1.54, 1.807) is 6.92 Å². The molecule has 0 amide bonds. The highest BCUT2D eigenvalue weighted by atomic mass is 35.5. The largest absolute Gasteiger partial charge is 0.633 e. The van der Waals surface area contributed by atoms with E-state index >= 15 is 0 Å². The number of nitrogens with zero attached hydrogens (tertiary/aromatic N) is 1. The molecule has 0 saturated carbocycles. The summed E-state index contributed by atoms with van der Waals surface area (Å²) in [5.41, 5.74) is 0. The minimum Gasteiger partial charge on any atom is -0.633 e. The van der Waals surface area contributed by atoms with E-state index in [-0.39, 0.29) is 22.4 Å². The Labute approximate surface area is 101 Å². The topological polar surface area (TPSA) is 23.1 Å². The number of alkyl halides is 3. The highest BCUT2D eigenvalue weighted by molar-refractivity contribution is 6.20. The van der Waals surface area contributed by atoms with Crippen molar-refractivity contribution in [3.63, 3.8) is 0 Å². The van der Waals surface area contributed by atoms with Crippen LogP contribution in [-0.2, 0) is 0 Å². The van der Waals surface area contributed by atoms with Crippen molar-refractivity contribution in [3.8, 4) is 0 Å². The van der Waals surface area contributed by atoms with Crippen molar-refractivity contribution in [3.05, 3.63) is 5.21 Å². The SMILES string of the molecule is CC(Cl)C[N+]([O-])(CCCl)CCCl.Cl. The van der Waals surface area contributed by atoms with Gasteiger partial charge in [0.1, 0.15) is 0 Å². The molecule has 1 unspecified atom stereocenters.